The minimum atomic E-state index is -1.03. The molecule has 0 saturated heterocycles. The summed E-state index contributed by atoms with van der Waals surface area (Å²) in [5.74, 6) is -1.26. The lowest BCUT2D eigenvalue weighted by atomic mass is 9.95. The summed E-state index contributed by atoms with van der Waals surface area (Å²) < 4.78 is 1.54. The van der Waals surface area contributed by atoms with Gasteiger partial charge in [0.25, 0.3) is 5.91 Å². The third-order valence-corrected chi connectivity index (χ3v) is 5.46. The van der Waals surface area contributed by atoms with E-state index in [4.69, 9.17) is 0 Å². The monoisotopic (exact) mass is 462 g/mol. The van der Waals surface area contributed by atoms with E-state index in [0.717, 1.165) is 11.1 Å². The lowest BCUT2D eigenvalue weighted by molar-refractivity contribution is -0.137. The largest absolute Gasteiger partial charge is 0.481 e. The zero-order valence-electron chi connectivity index (χ0n) is 20.1. The highest BCUT2D eigenvalue weighted by molar-refractivity contribution is 5.98. The average Bonchev–Trinajstić information content (AvgIpc) is 3.23. The van der Waals surface area contributed by atoms with Crippen LogP contribution < -0.4 is 10.2 Å². The molecule has 0 radical (unpaired) electrons. The van der Waals surface area contributed by atoms with Gasteiger partial charge >= 0.3 is 5.97 Å². The van der Waals surface area contributed by atoms with Crippen molar-refractivity contribution in [3.63, 3.8) is 0 Å². The van der Waals surface area contributed by atoms with Gasteiger partial charge in [0, 0.05) is 18.5 Å². The van der Waals surface area contributed by atoms with Crippen molar-refractivity contribution >= 4 is 23.6 Å². The molecule has 8 nitrogen and oxygen atoms in total. The van der Waals surface area contributed by atoms with E-state index in [1.54, 1.807) is 29.9 Å². The Hall–Kier alpha value is -3.94. The third kappa shape index (κ3) is 5.51. The van der Waals surface area contributed by atoms with Crippen LogP contribution in [0.25, 0.3) is 5.69 Å². The normalized spacial score (nSPS) is 12.1. The number of nitrogens with one attached hydrogen (secondary N) is 1. The number of amides is 2. The SMILES string of the molecule is Cc1ccccc1C(CC(=O)O)NC(=O)c1cc(N(C)C(=O)C(C)(C)C)n(-c2ccccc2)n1. The number of aromatic nitrogens is 2. The average molecular weight is 463 g/mol. The van der Waals surface area contributed by atoms with Gasteiger partial charge in [-0.05, 0) is 30.2 Å². The molecule has 3 aromatic rings. The Morgan fingerprint density at radius 3 is 2.26 bits per heavy atom. The van der Waals surface area contributed by atoms with Gasteiger partial charge in [-0.25, -0.2) is 4.68 Å². The van der Waals surface area contributed by atoms with Gasteiger partial charge in [0.05, 0.1) is 18.2 Å². The summed E-state index contributed by atoms with van der Waals surface area (Å²) in [7, 11) is 1.65. The molecule has 2 aromatic carbocycles. The van der Waals surface area contributed by atoms with Gasteiger partial charge < -0.3 is 10.4 Å². The number of carbonyl (C=O) groups excluding carboxylic acids is 2. The molecule has 2 N–H and O–H groups in total. The lowest BCUT2D eigenvalue weighted by Gasteiger charge is -2.26. The van der Waals surface area contributed by atoms with Crippen molar-refractivity contribution in [1.82, 2.24) is 15.1 Å². The first-order chi connectivity index (χ1) is 16.0. The van der Waals surface area contributed by atoms with Crippen molar-refractivity contribution in [1.29, 1.82) is 0 Å². The number of aryl methyl sites for hydroxylation is 1. The van der Waals surface area contributed by atoms with Crippen molar-refractivity contribution in [3.8, 4) is 5.69 Å². The first-order valence-electron chi connectivity index (χ1n) is 11.0. The summed E-state index contributed by atoms with van der Waals surface area (Å²) >= 11 is 0. The van der Waals surface area contributed by atoms with Gasteiger partial charge in [-0.15, -0.1) is 0 Å². The minimum Gasteiger partial charge on any atom is -0.481 e. The molecule has 0 saturated carbocycles. The Labute approximate surface area is 199 Å². The number of carbonyl (C=O) groups is 3. The molecule has 1 unspecified atom stereocenters. The number of nitrogens with zero attached hydrogens (tertiary/aromatic N) is 3. The van der Waals surface area contributed by atoms with Crippen LogP contribution in [0.15, 0.2) is 60.7 Å². The van der Waals surface area contributed by atoms with Crippen molar-refractivity contribution in [3.05, 3.63) is 77.5 Å². The molecule has 0 aliphatic heterocycles. The maximum absolute atomic E-state index is 13.2. The van der Waals surface area contributed by atoms with Gasteiger partial charge in [-0.1, -0.05) is 63.2 Å². The molecule has 0 spiro atoms. The molecular weight excluding hydrogens is 432 g/mol. The molecule has 2 amide bonds. The standard InChI is InChI=1S/C26H30N4O4/c1-17-11-9-10-14-19(17)20(16-23(31)32)27-24(33)21-15-22(29(5)25(34)26(2,3)4)30(28-21)18-12-7-6-8-13-18/h6-15,20H,16H2,1-5H3,(H,27,33)(H,31,32). The van der Waals surface area contributed by atoms with Crippen LogP contribution in [0.1, 0.15) is 54.8 Å². The smallest absolute Gasteiger partial charge is 0.305 e. The van der Waals surface area contributed by atoms with Crippen molar-refractivity contribution in [2.24, 2.45) is 5.41 Å². The zero-order chi connectivity index (χ0) is 25.0. The number of carboxylic acid groups (broad SMARTS) is 1. The van der Waals surface area contributed by atoms with Crippen LogP contribution in [0.2, 0.25) is 0 Å². The number of hydrogen-bond acceptors (Lipinski definition) is 4. The second-order valence-electron chi connectivity index (χ2n) is 9.23. The minimum absolute atomic E-state index is 0.0800. The molecule has 0 fully saturated rings. The van der Waals surface area contributed by atoms with Crippen LogP contribution >= 0.6 is 0 Å². The van der Waals surface area contributed by atoms with E-state index in [2.05, 4.69) is 10.4 Å². The van der Waals surface area contributed by atoms with Gasteiger partial charge in [-0.3, -0.25) is 19.3 Å². The van der Waals surface area contributed by atoms with Crippen molar-refractivity contribution in [2.45, 2.75) is 40.2 Å². The van der Waals surface area contributed by atoms with Crippen LogP contribution in [0.3, 0.4) is 0 Å². The highest BCUT2D eigenvalue weighted by Gasteiger charge is 2.30. The maximum Gasteiger partial charge on any atom is 0.305 e. The topological polar surface area (TPSA) is 105 Å². The summed E-state index contributed by atoms with van der Waals surface area (Å²) in [4.78, 5) is 39.2. The highest BCUT2D eigenvalue weighted by atomic mass is 16.4. The number of para-hydroxylation sites is 1. The molecular formula is C26H30N4O4. The molecule has 34 heavy (non-hydrogen) atoms. The number of carboxylic acids is 1. The Morgan fingerprint density at radius 1 is 1.06 bits per heavy atom. The van der Waals surface area contributed by atoms with E-state index < -0.39 is 23.3 Å². The molecule has 1 heterocycles. The lowest BCUT2D eigenvalue weighted by Crippen LogP contribution is -2.37. The Balaban J connectivity index is 2.01. The first kappa shape index (κ1) is 24.7. The summed E-state index contributed by atoms with van der Waals surface area (Å²) in [6.45, 7) is 7.33. The molecule has 1 atom stereocenters. The molecule has 0 aliphatic rings. The van der Waals surface area contributed by atoms with Crippen LogP contribution in [0, 0.1) is 12.3 Å². The highest BCUT2D eigenvalue weighted by Crippen LogP contribution is 2.26. The van der Waals surface area contributed by atoms with Gasteiger partial charge in [0.1, 0.15) is 5.82 Å². The van der Waals surface area contributed by atoms with E-state index in [-0.39, 0.29) is 18.0 Å². The van der Waals surface area contributed by atoms with Crippen molar-refractivity contribution < 1.29 is 19.5 Å². The van der Waals surface area contributed by atoms with Gasteiger partial charge in [-0.2, -0.15) is 5.10 Å². The molecule has 1 aromatic heterocycles. The molecule has 0 bridgehead atoms. The summed E-state index contributed by atoms with van der Waals surface area (Å²) in [6, 6.07) is 17.3. The number of aliphatic carboxylic acids is 1. The quantitative estimate of drug-likeness (QED) is 0.549. The predicted octanol–water partition coefficient (Wildman–Crippen LogP) is 4.14. The second-order valence-corrected chi connectivity index (χ2v) is 9.23. The van der Waals surface area contributed by atoms with E-state index in [0.29, 0.717) is 11.5 Å². The fourth-order valence-electron chi connectivity index (χ4n) is 3.71. The van der Waals surface area contributed by atoms with E-state index in [1.165, 1.54) is 4.90 Å². The van der Waals surface area contributed by atoms with Gasteiger partial charge in [0.2, 0.25) is 5.91 Å². The predicted molar refractivity (Wildman–Crippen MR) is 130 cm³/mol. The Kier molecular flexibility index (Phi) is 7.20. The van der Waals surface area contributed by atoms with Crippen molar-refractivity contribution in [2.75, 3.05) is 11.9 Å². The fourth-order valence-corrected chi connectivity index (χ4v) is 3.71. The summed E-state index contributed by atoms with van der Waals surface area (Å²) in [5.41, 5.74) is 1.73. The third-order valence-electron chi connectivity index (χ3n) is 5.46. The van der Waals surface area contributed by atoms with E-state index >= 15 is 0 Å². The van der Waals surface area contributed by atoms with E-state index in [1.807, 2.05) is 70.2 Å². The maximum atomic E-state index is 13.2. The summed E-state index contributed by atoms with van der Waals surface area (Å²) in [6.07, 6.45) is -0.273. The molecule has 8 heteroatoms. The van der Waals surface area contributed by atoms with Crippen LogP contribution in [0.5, 0.6) is 0 Å². The second kappa shape index (κ2) is 9.91. The van der Waals surface area contributed by atoms with Gasteiger partial charge in [0.15, 0.2) is 5.69 Å². The Bertz CT molecular complexity index is 1200. The fraction of sp³-hybridized carbons (Fsp3) is 0.308. The number of benzene rings is 2. The molecule has 0 aliphatic carbocycles. The Morgan fingerprint density at radius 2 is 1.68 bits per heavy atom. The number of rotatable bonds is 7. The van der Waals surface area contributed by atoms with Crippen LogP contribution in [-0.4, -0.2) is 39.7 Å². The first-order valence-corrected chi connectivity index (χ1v) is 11.0. The van der Waals surface area contributed by atoms with Crippen LogP contribution in [0.4, 0.5) is 5.82 Å². The van der Waals surface area contributed by atoms with Crippen LogP contribution in [-0.2, 0) is 9.59 Å². The van der Waals surface area contributed by atoms with E-state index in [9.17, 15) is 19.5 Å². The molecule has 178 valence electrons. The zero-order valence-corrected chi connectivity index (χ0v) is 20.1. The number of hydrogen-bond donors (Lipinski definition) is 2. The number of anilines is 1. The summed E-state index contributed by atoms with van der Waals surface area (Å²) in [5, 5.41) is 16.7. The molecule has 3 rings (SSSR count).